The minimum atomic E-state index is 0.687. The molecule has 1 aromatic carbocycles. The second kappa shape index (κ2) is 5.35. The number of hydrogen-bond acceptors (Lipinski definition) is 2. The van der Waals surface area contributed by atoms with E-state index in [9.17, 15) is 0 Å². The second-order valence-corrected chi connectivity index (χ2v) is 4.39. The number of ether oxygens (including phenoxy) is 1. The van der Waals surface area contributed by atoms with Gasteiger partial charge >= 0.3 is 0 Å². The van der Waals surface area contributed by atoms with Gasteiger partial charge in [-0.15, -0.1) is 0 Å². The molecule has 88 valence electrons. The van der Waals surface area contributed by atoms with Crippen molar-refractivity contribution in [1.82, 2.24) is 5.32 Å². The molecule has 0 atom stereocenters. The summed E-state index contributed by atoms with van der Waals surface area (Å²) in [5.41, 5.74) is 1.39. The summed E-state index contributed by atoms with van der Waals surface area (Å²) >= 11 is 0. The SMILES string of the molecule is CCNC1CC(c2ccccc2OCC)C1. The fraction of sp³-hybridized carbons (Fsp3) is 0.571. The highest BCUT2D eigenvalue weighted by Gasteiger charge is 2.31. The molecule has 0 radical (unpaired) electrons. The van der Waals surface area contributed by atoms with Gasteiger partial charge in [-0.1, -0.05) is 25.1 Å². The predicted octanol–water partition coefficient (Wildman–Crippen LogP) is 2.94. The summed E-state index contributed by atoms with van der Waals surface area (Å²) in [5.74, 6) is 1.76. The lowest BCUT2D eigenvalue weighted by Gasteiger charge is -2.36. The summed E-state index contributed by atoms with van der Waals surface area (Å²) in [6.45, 7) is 6.03. The van der Waals surface area contributed by atoms with Crippen LogP contribution in [0.15, 0.2) is 24.3 Å². The molecule has 0 aromatic heterocycles. The van der Waals surface area contributed by atoms with Crippen LogP contribution in [0.5, 0.6) is 5.75 Å². The van der Waals surface area contributed by atoms with Crippen LogP contribution in [0.4, 0.5) is 0 Å². The van der Waals surface area contributed by atoms with E-state index in [0.717, 1.165) is 18.9 Å². The predicted molar refractivity (Wildman–Crippen MR) is 67.1 cm³/mol. The van der Waals surface area contributed by atoms with Crippen LogP contribution in [0.2, 0.25) is 0 Å². The molecule has 1 aliphatic rings. The molecule has 0 bridgehead atoms. The van der Waals surface area contributed by atoms with Crippen molar-refractivity contribution in [1.29, 1.82) is 0 Å². The zero-order valence-electron chi connectivity index (χ0n) is 10.2. The Balaban J connectivity index is 1.99. The number of benzene rings is 1. The van der Waals surface area contributed by atoms with E-state index in [1.807, 2.05) is 6.92 Å². The van der Waals surface area contributed by atoms with Gasteiger partial charge in [0, 0.05) is 6.04 Å². The molecule has 2 nitrogen and oxygen atoms in total. The Bertz CT molecular complexity index is 331. The molecule has 1 N–H and O–H groups in total. The quantitative estimate of drug-likeness (QED) is 0.822. The fourth-order valence-corrected chi connectivity index (χ4v) is 2.43. The Hall–Kier alpha value is -1.02. The summed E-state index contributed by atoms with van der Waals surface area (Å²) in [4.78, 5) is 0. The van der Waals surface area contributed by atoms with Gasteiger partial charge < -0.3 is 10.1 Å². The van der Waals surface area contributed by atoms with Crippen molar-refractivity contribution < 1.29 is 4.74 Å². The van der Waals surface area contributed by atoms with Crippen LogP contribution in [0, 0.1) is 0 Å². The van der Waals surface area contributed by atoms with Crippen molar-refractivity contribution in [2.24, 2.45) is 0 Å². The largest absolute Gasteiger partial charge is 0.494 e. The minimum absolute atomic E-state index is 0.687. The first-order chi connectivity index (χ1) is 7.85. The van der Waals surface area contributed by atoms with E-state index >= 15 is 0 Å². The third kappa shape index (κ3) is 2.38. The third-order valence-corrected chi connectivity index (χ3v) is 3.29. The topological polar surface area (TPSA) is 21.3 Å². The number of nitrogens with one attached hydrogen (secondary N) is 1. The molecule has 0 spiro atoms. The molecule has 0 heterocycles. The zero-order chi connectivity index (χ0) is 11.4. The maximum atomic E-state index is 5.67. The van der Waals surface area contributed by atoms with Crippen molar-refractivity contribution >= 4 is 0 Å². The highest BCUT2D eigenvalue weighted by Crippen LogP contribution is 2.40. The maximum Gasteiger partial charge on any atom is 0.122 e. The van der Waals surface area contributed by atoms with E-state index in [-0.39, 0.29) is 0 Å². The molecule has 2 heteroatoms. The first kappa shape index (κ1) is 11.5. The van der Waals surface area contributed by atoms with Crippen molar-refractivity contribution in [2.75, 3.05) is 13.2 Å². The van der Waals surface area contributed by atoms with Crippen molar-refractivity contribution in [2.45, 2.75) is 38.6 Å². The van der Waals surface area contributed by atoms with E-state index in [4.69, 9.17) is 4.74 Å². The molecule has 2 rings (SSSR count). The van der Waals surface area contributed by atoms with E-state index in [0.29, 0.717) is 12.0 Å². The first-order valence-electron chi connectivity index (χ1n) is 6.30. The van der Waals surface area contributed by atoms with Crippen LogP contribution in [-0.2, 0) is 0 Å². The highest BCUT2D eigenvalue weighted by atomic mass is 16.5. The van der Waals surface area contributed by atoms with Crippen LogP contribution in [0.25, 0.3) is 0 Å². The number of hydrogen-bond donors (Lipinski definition) is 1. The van der Waals surface area contributed by atoms with E-state index in [2.05, 4.69) is 36.5 Å². The van der Waals surface area contributed by atoms with Crippen molar-refractivity contribution in [3.8, 4) is 5.75 Å². The van der Waals surface area contributed by atoms with Gasteiger partial charge in [-0.05, 0) is 43.9 Å². The van der Waals surface area contributed by atoms with E-state index in [1.54, 1.807) is 0 Å². The van der Waals surface area contributed by atoms with Crippen molar-refractivity contribution in [3.05, 3.63) is 29.8 Å². The molecule has 0 unspecified atom stereocenters. The third-order valence-electron chi connectivity index (χ3n) is 3.29. The van der Waals surface area contributed by atoms with Gasteiger partial charge in [0.15, 0.2) is 0 Å². The smallest absolute Gasteiger partial charge is 0.122 e. The Morgan fingerprint density at radius 3 is 2.69 bits per heavy atom. The zero-order valence-corrected chi connectivity index (χ0v) is 10.2. The molecule has 16 heavy (non-hydrogen) atoms. The summed E-state index contributed by atoms with van der Waals surface area (Å²) in [6, 6.07) is 9.16. The van der Waals surface area contributed by atoms with Crippen LogP contribution in [0.3, 0.4) is 0 Å². The molecule has 1 fully saturated rings. The Morgan fingerprint density at radius 1 is 1.25 bits per heavy atom. The molecule has 1 aromatic rings. The normalized spacial score (nSPS) is 23.9. The van der Waals surface area contributed by atoms with Crippen LogP contribution >= 0.6 is 0 Å². The fourth-order valence-electron chi connectivity index (χ4n) is 2.43. The second-order valence-electron chi connectivity index (χ2n) is 4.39. The number of para-hydroxylation sites is 1. The van der Waals surface area contributed by atoms with Gasteiger partial charge in [0.1, 0.15) is 5.75 Å². The lowest BCUT2D eigenvalue weighted by molar-refractivity contribution is 0.279. The molecule has 0 aliphatic heterocycles. The van der Waals surface area contributed by atoms with E-state index < -0.39 is 0 Å². The van der Waals surface area contributed by atoms with Gasteiger partial charge in [-0.3, -0.25) is 0 Å². The summed E-state index contributed by atoms with van der Waals surface area (Å²) in [6.07, 6.45) is 2.50. The van der Waals surface area contributed by atoms with Crippen LogP contribution in [0.1, 0.15) is 38.2 Å². The molecular weight excluding hydrogens is 198 g/mol. The summed E-state index contributed by atoms with van der Waals surface area (Å²) in [5, 5.41) is 3.49. The molecule has 0 saturated heterocycles. The average Bonchev–Trinajstić information content (AvgIpc) is 2.25. The highest BCUT2D eigenvalue weighted by molar-refractivity contribution is 5.37. The van der Waals surface area contributed by atoms with Crippen molar-refractivity contribution in [3.63, 3.8) is 0 Å². The minimum Gasteiger partial charge on any atom is -0.494 e. The first-order valence-corrected chi connectivity index (χ1v) is 6.30. The van der Waals surface area contributed by atoms with Gasteiger partial charge in [0.05, 0.1) is 6.61 Å². The Labute approximate surface area is 98.0 Å². The molecule has 1 saturated carbocycles. The van der Waals surface area contributed by atoms with Gasteiger partial charge in [0.25, 0.3) is 0 Å². The van der Waals surface area contributed by atoms with Gasteiger partial charge in [-0.2, -0.15) is 0 Å². The van der Waals surface area contributed by atoms with Gasteiger partial charge in [0.2, 0.25) is 0 Å². The monoisotopic (exact) mass is 219 g/mol. The van der Waals surface area contributed by atoms with Crippen LogP contribution in [-0.4, -0.2) is 19.2 Å². The molecular formula is C14H21NO. The molecule has 1 aliphatic carbocycles. The lowest BCUT2D eigenvalue weighted by atomic mass is 9.75. The number of rotatable bonds is 5. The van der Waals surface area contributed by atoms with E-state index in [1.165, 1.54) is 18.4 Å². The summed E-state index contributed by atoms with van der Waals surface area (Å²) < 4.78 is 5.67. The van der Waals surface area contributed by atoms with Gasteiger partial charge in [-0.25, -0.2) is 0 Å². The summed E-state index contributed by atoms with van der Waals surface area (Å²) in [7, 11) is 0. The Morgan fingerprint density at radius 2 is 2.00 bits per heavy atom. The standard InChI is InChI=1S/C14H21NO/c1-3-15-12-9-11(10-12)13-7-5-6-8-14(13)16-4-2/h5-8,11-12,15H,3-4,9-10H2,1-2H3. The average molecular weight is 219 g/mol. The molecule has 0 amide bonds. The maximum absolute atomic E-state index is 5.67. The Kier molecular flexibility index (Phi) is 3.83. The lowest BCUT2D eigenvalue weighted by Crippen LogP contribution is -2.39. The van der Waals surface area contributed by atoms with Crippen LogP contribution < -0.4 is 10.1 Å².